The number of benzene rings is 1. The molecule has 1 heterocycles. The van der Waals surface area contributed by atoms with E-state index in [4.69, 9.17) is 10.2 Å². The molecule has 0 spiro atoms. The van der Waals surface area contributed by atoms with Gasteiger partial charge in [-0.05, 0) is 30.9 Å². The SMILES string of the molecule is Nc1cccc2c(=O)cc(C(=O)NCC3CCCCC3)oc12. The number of amides is 1. The summed E-state index contributed by atoms with van der Waals surface area (Å²) in [6.07, 6.45) is 6.03. The van der Waals surface area contributed by atoms with Gasteiger partial charge in [0.1, 0.15) is 0 Å². The fourth-order valence-electron chi connectivity index (χ4n) is 3.03. The Balaban J connectivity index is 1.79. The number of nitrogens with one attached hydrogen (secondary N) is 1. The third-order valence-corrected chi connectivity index (χ3v) is 4.28. The van der Waals surface area contributed by atoms with Crippen LogP contribution in [0.25, 0.3) is 11.0 Å². The number of fused-ring (bicyclic) bond motifs is 1. The molecule has 0 atom stereocenters. The van der Waals surface area contributed by atoms with Crippen molar-refractivity contribution in [3.05, 3.63) is 40.2 Å². The second kappa shape index (κ2) is 6.22. The van der Waals surface area contributed by atoms with Gasteiger partial charge in [0.25, 0.3) is 5.91 Å². The minimum atomic E-state index is -0.354. The summed E-state index contributed by atoms with van der Waals surface area (Å²) in [5.74, 6) is 0.189. The van der Waals surface area contributed by atoms with Gasteiger partial charge >= 0.3 is 0 Å². The average molecular weight is 300 g/mol. The maximum atomic E-state index is 12.2. The number of nitrogen functional groups attached to an aromatic ring is 1. The standard InChI is InChI=1S/C17H20N2O3/c18-13-8-4-7-12-14(20)9-15(22-16(12)13)17(21)19-10-11-5-2-1-3-6-11/h4,7-9,11H,1-3,5-6,10,18H2,(H,19,21). The maximum Gasteiger partial charge on any atom is 0.287 e. The molecule has 1 aromatic heterocycles. The van der Waals surface area contributed by atoms with Gasteiger partial charge in [-0.2, -0.15) is 0 Å². The summed E-state index contributed by atoms with van der Waals surface area (Å²) in [4.78, 5) is 24.3. The van der Waals surface area contributed by atoms with Crippen molar-refractivity contribution in [3.8, 4) is 0 Å². The summed E-state index contributed by atoms with van der Waals surface area (Å²) in [6, 6.07) is 6.21. The number of nitrogens with two attached hydrogens (primary N) is 1. The van der Waals surface area contributed by atoms with Crippen molar-refractivity contribution in [2.75, 3.05) is 12.3 Å². The van der Waals surface area contributed by atoms with E-state index in [2.05, 4.69) is 5.32 Å². The number of hydrogen-bond acceptors (Lipinski definition) is 4. The highest BCUT2D eigenvalue weighted by Gasteiger charge is 2.17. The van der Waals surface area contributed by atoms with Crippen molar-refractivity contribution in [3.63, 3.8) is 0 Å². The van der Waals surface area contributed by atoms with Gasteiger partial charge in [-0.3, -0.25) is 9.59 Å². The van der Waals surface area contributed by atoms with E-state index in [-0.39, 0.29) is 22.7 Å². The third kappa shape index (κ3) is 2.98. The van der Waals surface area contributed by atoms with Crippen molar-refractivity contribution in [2.45, 2.75) is 32.1 Å². The van der Waals surface area contributed by atoms with Crippen LogP contribution >= 0.6 is 0 Å². The topological polar surface area (TPSA) is 85.3 Å². The first kappa shape index (κ1) is 14.6. The van der Waals surface area contributed by atoms with E-state index >= 15 is 0 Å². The zero-order valence-corrected chi connectivity index (χ0v) is 12.4. The van der Waals surface area contributed by atoms with E-state index < -0.39 is 0 Å². The fourth-order valence-corrected chi connectivity index (χ4v) is 3.03. The number of anilines is 1. The van der Waals surface area contributed by atoms with Crippen LogP contribution in [0.1, 0.15) is 42.7 Å². The van der Waals surface area contributed by atoms with Crippen LogP contribution in [0.5, 0.6) is 0 Å². The molecule has 0 bridgehead atoms. The molecule has 22 heavy (non-hydrogen) atoms. The second-order valence-corrected chi connectivity index (χ2v) is 5.91. The lowest BCUT2D eigenvalue weighted by Gasteiger charge is -2.21. The van der Waals surface area contributed by atoms with Crippen molar-refractivity contribution >= 4 is 22.6 Å². The summed E-state index contributed by atoms with van der Waals surface area (Å²) >= 11 is 0. The van der Waals surface area contributed by atoms with Crippen molar-refractivity contribution in [1.29, 1.82) is 0 Å². The molecule has 1 fully saturated rings. The maximum absolute atomic E-state index is 12.2. The Hall–Kier alpha value is -2.30. The monoisotopic (exact) mass is 300 g/mol. The van der Waals surface area contributed by atoms with Crippen LogP contribution in [0.2, 0.25) is 0 Å². The predicted octanol–water partition coefficient (Wildman–Crippen LogP) is 2.69. The first-order valence-corrected chi connectivity index (χ1v) is 7.75. The van der Waals surface area contributed by atoms with Crippen LogP contribution in [0, 0.1) is 5.92 Å². The minimum Gasteiger partial charge on any atom is -0.448 e. The van der Waals surface area contributed by atoms with Crippen LogP contribution in [-0.4, -0.2) is 12.5 Å². The second-order valence-electron chi connectivity index (χ2n) is 5.91. The lowest BCUT2D eigenvalue weighted by Crippen LogP contribution is -2.30. The zero-order chi connectivity index (χ0) is 15.5. The van der Waals surface area contributed by atoms with Crippen LogP contribution in [0.3, 0.4) is 0 Å². The lowest BCUT2D eigenvalue weighted by molar-refractivity contribution is 0.0916. The first-order chi connectivity index (χ1) is 10.6. The van der Waals surface area contributed by atoms with Gasteiger partial charge in [0, 0.05) is 12.6 Å². The number of carbonyl (C=O) groups is 1. The van der Waals surface area contributed by atoms with Gasteiger partial charge in [-0.25, -0.2) is 0 Å². The Morgan fingerprint density at radius 1 is 1.27 bits per heavy atom. The summed E-state index contributed by atoms with van der Waals surface area (Å²) < 4.78 is 5.54. The van der Waals surface area contributed by atoms with E-state index in [0.717, 1.165) is 12.8 Å². The molecule has 116 valence electrons. The van der Waals surface area contributed by atoms with Crippen LogP contribution in [-0.2, 0) is 0 Å². The normalized spacial score (nSPS) is 15.8. The number of carbonyl (C=O) groups excluding carboxylic acids is 1. The number of hydrogen-bond donors (Lipinski definition) is 2. The molecule has 5 nitrogen and oxygen atoms in total. The van der Waals surface area contributed by atoms with Gasteiger partial charge < -0.3 is 15.5 Å². The molecule has 0 saturated heterocycles. The average Bonchev–Trinajstić information content (AvgIpc) is 2.54. The molecule has 3 rings (SSSR count). The van der Waals surface area contributed by atoms with Crippen LogP contribution in [0.15, 0.2) is 33.5 Å². The molecule has 1 amide bonds. The number of rotatable bonds is 3. The molecule has 2 aromatic rings. The summed E-state index contributed by atoms with van der Waals surface area (Å²) in [6.45, 7) is 0.630. The van der Waals surface area contributed by atoms with Crippen molar-refractivity contribution in [1.82, 2.24) is 5.32 Å². The van der Waals surface area contributed by atoms with E-state index in [0.29, 0.717) is 23.5 Å². The molecule has 1 saturated carbocycles. The Morgan fingerprint density at radius 3 is 2.82 bits per heavy atom. The Labute approximate surface area is 128 Å². The van der Waals surface area contributed by atoms with Gasteiger partial charge in [0.15, 0.2) is 16.8 Å². The van der Waals surface area contributed by atoms with E-state index in [9.17, 15) is 9.59 Å². The number of para-hydroxylation sites is 1. The Kier molecular flexibility index (Phi) is 4.13. The van der Waals surface area contributed by atoms with Crippen LogP contribution in [0.4, 0.5) is 5.69 Å². The smallest absolute Gasteiger partial charge is 0.287 e. The van der Waals surface area contributed by atoms with E-state index in [1.54, 1.807) is 18.2 Å². The van der Waals surface area contributed by atoms with Gasteiger partial charge in [0.05, 0.1) is 11.1 Å². The third-order valence-electron chi connectivity index (χ3n) is 4.28. The first-order valence-electron chi connectivity index (χ1n) is 7.75. The molecule has 5 heteroatoms. The minimum absolute atomic E-state index is 0.0196. The molecule has 1 aliphatic carbocycles. The summed E-state index contributed by atoms with van der Waals surface area (Å²) in [5.41, 5.74) is 6.20. The molecular formula is C17H20N2O3. The molecule has 3 N–H and O–H groups in total. The van der Waals surface area contributed by atoms with Crippen molar-refractivity contribution < 1.29 is 9.21 Å². The molecular weight excluding hydrogens is 280 g/mol. The molecule has 0 aliphatic heterocycles. The van der Waals surface area contributed by atoms with E-state index in [1.165, 1.54) is 25.3 Å². The fraction of sp³-hybridized carbons (Fsp3) is 0.412. The summed E-state index contributed by atoms with van der Waals surface area (Å²) in [7, 11) is 0. The van der Waals surface area contributed by atoms with Gasteiger partial charge in [-0.1, -0.05) is 25.3 Å². The molecule has 0 radical (unpaired) electrons. The summed E-state index contributed by atoms with van der Waals surface area (Å²) in [5, 5.41) is 3.26. The quantitative estimate of drug-likeness (QED) is 0.853. The molecule has 1 aliphatic rings. The van der Waals surface area contributed by atoms with E-state index in [1.807, 2.05) is 0 Å². The van der Waals surface area contributed by atoms with Gasteiger partial charge in [0.2, 0.25) is 0 Å². The van der Waals surface area contributed by atoms with Gasteiger partial charge in [-0.15, -0.1) is 0 Å². The van der Waals surface area contributed by atoms with Crippen LogP contribution < -0.4 is 16.5 Å². The highest BCUT2D eigenvalue weighted by atomic mass is 16.3. The highest BCUT2D eigenvalue weighted by molar-refractivity contribution is 5.95. The molecule has 0 unspecified atom stereocenters. The highest BCUT2D eigenvalue weighted by Crippen LogP contribution is 2.23. The molecule has 1 aromatic carbocycles. The lowest BCUT2D eigenvalue weighted by atomic mass is 9.89. The van der Waals surface area contributed by atoms with Crippen molar-refractivity contribution in [2.24, 2.45) is 5.92 Å². The predicted molar refractivity (Wildman–Crippen MR) is 85.8 cm³/mol. The zero-order valence-electron chi connectivity index (χ0n) is 12.4. The largest absolute Gasteiger partial charge is 0.448 e. The Morgan fingerprint density at radius 2 is 2.05 bits per heavy atom. The Bertz CT molecular complexity index is 745.